The van der Waals surface area contributed by atoms with Gasteiger partial charge in [-0.25, -0.2) is 4.98 Å². The normalized spacial score (nSPS) is 12.6. The van der Waals surface area contributed by atoms with Gasteiger partial charge < -0.3 is 10.3 Å². The van der Waals surface area contributed by atoms with Crippen molar-refractivity contribution in [2.75, 3.05) is 5.75 Å². The van der Waals surface area contributed by atoms with E-state index in [1.54, 1.807) is 0 Å². The van der Waals surface area contributed by atoms with Crippen LogP contribution in [0.25, 0.3) is 0 Å². The largest absolute Gasteiger partial charge is 0.338 e. The van der Waals surface area contributed by atoms with Gasteiger partial charge in [-0.2, -0.15) is 0 Å². The molecule has 0 aliphatic carbocycles. The maximum atomic E-state index is 5.83. The minimum absolute atomic E-state index is 0.108. The molecule has 0 aliphatic rings. The molecule has 0 fully saturated rings. The summed E-state index contributed by atoms with van der Waals surface area (Å²) in [6.45, 7) is 2.00. The Labute approximate surface area is 112 Å². The molecule has 1 atom stereocenters. The second-order valence-electron chi connectivity index (χ2n) is 4.41. The summed E-state index contributed by atoms with van der Waals surface area (Å²) in [5.41, 5.74) is 7.01. The van der Waals surface area contributed by atoms with Gasteiger partial charge in [0.05, 0.1) is 0 Å². The van der Waals surface area contributed by atoms with E-state index in [4.69, 9.17) is 5.73 Å². The van der Waals surface area contributed by atoms with Gasteiger partial charge in [-0.15, -0.1) is 11.8 Å². The Morgan fingerprint density at radius 3 is 2.61 bits per heavy atom. The van der Waals surface area contributed by atoms with Gasteiger partial charge in [0.2, 0.25) is 0 Å². The standard InChI is InChI=1S/C14H19N3S/c1-11(15)12-3-5-13(6-4-12)18-10-7-14-16-8-9-17(14)2/h3-6,8-9,11H,7,10,15H2,1-2H3. The number of nitrogens with zero attached hydrogens (tertiary/aromatic N) is 2. The number of aromatic nitrogens is 2. The van der Waals surface area contributed by atoms with Crippen LogP contribution in [0.4, 0.5) is 0 Å². The Bertz CT molecular complexity index is 488. The van der Waals surface area contributed by atoms with Crippen LogP contribution in [0.15, 0.2) is 41.6 Å². The number of thioether (sulfide) groups is 1. The van der Waals surface area contributed by atoms with Crippen molar-refractivity contribution < 1.29 is 0 Å². The van der Waals surface area contributed by atoms with Crippen LogP contribution in [-0.4, -0.2) is 15.3 Å². The Hall–Kier alpha value is -1.26. The zero-order chi connectivity index (χ0) is 13.0. The summed E-state index contributed by atoms with van der Waals surface area (Å²) in [6, 6.07) is 8.60. The lowest BCUT2D eigenvalue weighted by atomic mass is 10.1. The number of hydrogen-bond acceptors (Lipinski definition) is 3. The number of hydrogen-bond donors (Lipinski definition) is 1. The zero-order valence-electron chi connectivity index (χ0n) is 10.8. The molecule has 1 heterocycles. The van der Waals surface area contributed by atoms with E-state index in [2.05, 4.69) is 33.8 Å². The predicted molar refractivity (Wildman–Crippen MR) is 76.7 cm³/mol. The van der Waals surface area contributed by atoms with Gasteiger partial charge >= 0.3 is 0 Å². The highest BCUT2D eigenvalue weighted by atomic mass is 32.2. The summed E-state index contributed by atoms with van der Waals surface area (Å²) in [5, 5.41) is 0. The van der Waals surface area contributed by atoms with E-state index < -0.39 is 0 Å². The molecule has 0 radical (unpaired) electrons. The molecule has 0 saturated heterocycles. The molecule has 1 aromatic heterocycles. The molecule has 18 heavy (non-hydrogen) atoms. The molecule has 0 amide bonds. The quantitative estimate of drug-likeness (QED) is 0.842. The number of benzene rings is 1. The fourth-order valence-corrected chi connectivity index (χ4v) is 2.61. The summed E-state index contributed by atoms with van der Waals surface area (Å²) < 4.78 is 2.07. The lowest BCUT2D eigenvalue weighted by Crippen LogP contribution is -2.04. The van der Waals surface area contributed by atoms with Crippen LogP contribution in [0.1, 0.15) is 24.4 Å². The lowest BCUT2D eigenvalue weighted by molar-refractivity contribution is 0.811. The van der Waals surface area contributed by atoms with Crippen molar-refractivity contribution in [2.24, 2.45) is 12.8 Å². The molecule has 0 spiro atoms. The van der Waals surface area contributed by atoms with Crippen LogP contribution in [0.2, 0.25) is 0 Å². The minimum atomic E-state index is 0.108. The Morgan fingerprint density at radius 2 is 2.06 bits per heavy atom. The van der Waals surface area contributed by atoms with E-state index >= 15 is 0 Å². The molecule has 96 valence electrons. The fraction of sp³-hybridized carbons (Fsp3) is 0.357. The maximum absolute atomic E-state index is 5.83. The van der Waals surface area contributed by atoms with Crippen molar-refractivity contribution >= 4 is 11.8 Å². The SMILES string of the molecule is CC(N)c1ccc(SCCc2nccn2C)cc1. The molecule has 2 rings (SSSR count). The average molecular weight is 261 g/mol. The third-order valence-electron chi connectivity index (χ3n) is 2.92. The first-order chi connectivity index (χ1) is 8.66. The van der Waals surface area contributed by atoms with Crippen LogP contribution in [0.3, 0.4) is 0 Å². The fourth-order valence-electron chi connectivity index (χ4n) is 1.77. The van der Waals surface area contributed by atoms with Gasteiger partial charge in [-0.3, -0.25) is 0 Å². The van der Waals surface area contributed by atoms with Gasteiger partial charge in [0.15, 0.2) is 0 Å². The second-order valence-corrected chi connectivity index (χ2v) is 5.58. The smallest absolute Gasteiger partial charge is 0.109 e. The van der Waals surface area contributed by atoms with E-state index in [0.29, 0.717) is 0 Å². The van der Waals surface area contributed by atoms with Gasteiger partial charge in [0, 0.05) is 42.6 Å². The minimum Gasteiger partial charge on any atom is -0.338 e. The maximum Gasteiger partial charge on any atom is 0.109 e. The Kier molecular flexibility index (Phi) is 4.44. The third-order valence-corrected chi connectivity index (χ3v) is 3.93. The number of nitrogens with two attached hydrogens (primary N) is 1. The van der Waals surface area contributed by atoms with Crippen molar-refractivity contribution in [3.05, 3.63) is 48.0 Å². The van der Waals surface area contributed by atoms with Crippen LogP contribution < -0.4 is 5.73 Å². The monoisotopic (exact) mass is 261 g/mol. The van der Waals surface area contributed by atoms with Crippen molar-refractivity contribution in [1.82, 2.24) is 9.55 Å². The lowest BCUT2D eigenvalue weighted by Gasteiger charge is -2.07. The molecular weight excluding hydrogens is 242 g/mol. The van der Waals surface area contributed by atoms with Gasteiger partial charge in [-0.05, 0) is 24.6 Å². The third kappa shape index (κ3) is 3.37. The van der Waals surface area contributed by atoms with Crippen LogP contribution in [0.5, 0.6) is 0 Å². The van der Waals surface area contributed by atoms with E-state index in [-0.39, 0.29) is 6.04 Å². The molecule has 0 saturated carbocycles. The van der Waals surface area contributed by atoms with E-state index in [1.165, 1.54) is 10.5 Å². The topological polar surface area (TPSA) is 43.8 Å². The summed E-state index contributed by atoms with van der Waals surface area (Å²) in [6.07, 6.45) is 4.82. The van der Waals surface area contributed by atoms with Crippen molar-refractivity contribution in [2.45, 2.75) is 24.3 Å². The molecule has 0 bridgehead atoms. The van der Waals surface area contributed by atoms with Crippen molar-refractivity contribution in [1.29, 1.82) is 0 Å². The number of aryl methyl sites for hydroxylation is 2. The first kappa shape index (κ1) is 13.2. The first-order valence-electron chi connectivity index (χ1n) is 6.11. The molecule has 2 N–H and O–H groups in total. The summed E-state index contributed by atoms with van der Waals surface area (Å²) in [4.78, 5) is 5.60. The number of imidazole rings is 1. The van der Waals surface area contributed by atoms with Gasteiger partial charge in [0.25, 0.3) is 0 Å². The van der Waals surface area contributed by atoms with Crippen molar-refractivity contribution in [3.8, 4) is 0 Å². The van der Waals surface area contributed by atoms with E-state index in [0.717, 1.165) is 18.0 Å². The highest BCUT2D eigenvalue weighted by Gasteiger charge is 2.02. The van der Waals surface area contributed by atoms with Crippen LogP contribution in [0, 0.1) is 0 Å². The molecule has 3 nitrogen and oxygen atoms in total. The highest BCUT2D eigenvalue weighted by molar-refractivity contribution is 7.99. The van der Waals surface area contributed by atoms with E-state index in [1.807, 2.05) is 38.1 Å². The second kappa shape index (κ2) is 6.07. The summed E-state index contributed by atoms with van der Waals surface area (Å²) in [5.74, 6) is 2.18. The molecule has 1 aromatic carbocycles. The van der Waals surface area contributed by atoms with Gasteiger partial charge in [-0.1, -0.05) is 12.1 Å². The molecule has 1 unspecified atom stereocenters. The summed E-state index contributed by atoms with van der Waals surface area (Å²) in [7, 11) is 2.03. The molecular formula is C14H19N3S. The first-order valence-corrected chi connectivity index (χ1v) is 7.10. The molecule has 0 aliphatic heterocycles. The van der Waals surface area contributed by atoms with E-state index in [9.17, 15) is 0 Å². The zero-order valence-corrected chi connectivity index (χ0v) is 11.7. The molecule has 4 heteroatoms. The Balaban J connectivity index is 1.85. The molecule has 2 aromatic rings. The Morgan fingerprint density at radius 1 is 1.33 bits per heavy atom. The van der Waals surface area contributed by atoms with Crippen LogP contribution in [-0.2, 0) is 13.5 Å². The van der Waals surface area contributed by atoms with Gasteiger partial charge in [0.1, 0.15) is 5.82 Å². The average Bonchev–Trinajstić information content (AvgIpc) is 2.76. The summed E-state index contributed by atoms with van der Waals surface area (Å²) >= 11 is 1.85. The number of rotatable bonds is 5. The highest BCUT2D eigenvalue weighted by Crippen LogP contribution is 2.21. The van der Waals surface area contributed by atoms with Crippen molar-refractivity contribution in [3.63, 3.8) is 0 Å². The predicted octanol–water partition coefficient (Wildman–Crippen LogP) is 2.77. The van der Waals surface area contributed by atoms with Crippen LogP contribution >= 0.6 is 11.8 Å².